The van der Waals surface area contributed by atoms with E-state index in [1.807, 2.05) is 65.2 Å². The van der Waals surface area contributed by atoms with Gasteiger partial charge in [-0.05, 0) is 23.8 Å². The number of fused-ring (bicyclic) bond motifs is 1. The molecule has 0 spiro atoms. The molecule has 0 aliphatic carbocycles. The molecular weight excluding hydrogens is 381 g/mol. The molecule has 0 radical (unpaired) electrons. The van der Waals surface area contributed by atoms with Gasteiger partial charge in [0.15, 0.2) is 5.82 Å². The van der Waals surface area contributed by atoms with Crippen molar-refractivity contribution in [2.75, 3.05) is 0 Å². The average Bonchev–Trinajstić information content (AvgIpc) is 3.18. The summed E-state index contributed by atoms with van der Waals surface area (Å²) in [6.07, 6.45) is 1.46. The van der Waals surface area contributed by atoms with E-state index in [2.05, 4.69) is 15.3 Å². The van der Waals surface area contributed by atoms with Crippen LogP contribution in [0.1, 0.15) is 5.56 Å². The minimum absolute atomic E-state index is 0.300. The van der Waals surface area contributed by atoms with Gasteiger partial charge in [-0.2, -0.15) is 9.78 Å². The molecule has 0 aliphatic heterocycles. The molecule has 3 aromatic carbocycles. The highest BCUT2D eigenvalue weighted by molar-refractivity contribution is 5.80. The Hall–Kier alpha value is -4.13. The predicted molar refractivity (Wildman–Crippen MR) is 112 cm³/mol. The van der Waals surface area contributed by atoms with Crippen molar-refractivity contribution >= 4 is 10.8 Å². The standard InChI is InChI=1S/C23H16FN5O/c24-19-11-12-20-18(13-19)14-25-29(22(20)30)23-27-26-21(17-9-5-2-6-10-17)28(23)15-16-7-3-1-4-8-16/h1-14H,15H2. The Morgan fingerprint density at radius 1 is 0.867 bits per heavy atom. The molecule has 0 fully saturated rings. The molecular formula is C23H16FN5O. The van der Waals surface area contributed by atoms with Crippen LogP contribution < -0.4 is 5.56 Å². The zero-order chi connectivity index (χ0) is 20.5. The minimum atomic E-state index is -0.417. The Bertz CT molecular complexity index is 1390. The van der Waals surface area contributed by atoms with Crippen molar-refractivity contribution in [2.24, 2.45) is 0 Å². The summed E-state index contributed by atoms with van der Waals surface area (Å²) >= 11 is 0. The van der Waals surface area contributed by atoms with Gasteiger partial charge in [0.05, 0.1) is 18.1 Å². The third-order valence-corrected chi connectivity index (χ3v) is 4.88. The van der Waals surface area contributed by atoms with Gasteiger partial charge in [-0.25, -0.2) is 4.39 Å². The maximum atomic E-state index is 13.5. The summed E-state index contributed by atoms with van der Waals surface area (Å²) < 4.78 is 16.6. The molecule has 0 N–H and O–H groups in total. The van der Waals surface area contributed by atoms with Gasteiger partial charge in [-0.3, -0.25) is 9.36 Å². The average molecular weight is 397 g/mol. The van der Waals surface area contributed by atoms with Crippen LogP contribution in [0.3, 0.4) is 0 Å². The lowest BCUT2D eigenvalue weighted by atomic mass is 10.2. The Balaban J connectivity index is 1.72. The second-order valence-corrected chi connectivity index (χ2v) is 6.85. The van der Waals surface area contributed by atoms with Gasteiger partial charge in [-0.15, -0.1) is 10.2 Å². The van der Waals surface area contributed by atoms with Crippen molar-refractivity contribution in [3.63, 3.8) is 0 Å². The summed E-state index contributed by atoms with van der Waals surface area (Å²) in [5.41, 5.74) is 1.53. The molecule has 30 heavy (non-hydrogen) atoms. The molecule has 5 rings (SSSR count). The summed E-state index contributed by atoms with van der Waals surface area (Å²) in [7, 11) is 0. The van der Waals surface area contributed by atoms with Gasteiger partial charge in [-0.1, -0.05) is 60.7 Å². The topological polar surface area (TPSA) is 65.6 Å². The summed E-state index contributed by atoms with van der Waals surface area (Å²) in [5.74, 6) is 0.511. The number of benzene rings is 3. The highest BCUT2D eigenvalue weighted by atomic mass is 19.1. The molecule has 0 amide bonds. The number of nitrogens with zero attached hydrogens (tertiary/aromatic N) is 5. The quantitative estimate of drug-likeness (QED) is 0.462. The van der Waals surface area contributed by atoms with Crippen LogP contribution in [-0.2, 0) is 6.54 Å². The fourth-order valence-corrected chi connectivity index (χ4v) is 3.43. The number of aromatic nitrogens is 5. The summed E-state index contributed by atoms with van der Waals surface area (Å²) in [6.45, 7) is 0.461. The third-order valence-electron chi connectivity index (χ3n) is 4.88. The van der Waals surface area contributed by atoms with Gasteiger partial charge in [0, 0.05) is 10.9 Å². The van der Waals surface area contributed by atoms with Crippen molar-refractivity contribution in [1.29, 1.82) is 0 Å². The molecule has 2 heterocycles. The number of rotatable bonds is 4. The maximum Gasteiger partial charge on any atom is 0.282 e. The van der Waals surface area contributed by atoms with Crippen molar-refractivity contribution < 1.29 is 4.39 Å². The van der Waals surface area contributed by atoms with Crippen LogP contribution in [0.2, 0.25) is 0 Å². The Kier molecular flexibility index (Phi) is 4.40. The van der Waals surface area contributed by atoms with E-state index in [1.165, 1.54) is 29.1 Å². The molecule has 0 aliphatic rings. The maximum absolute atomic E-state index is 13.5. The minimum Gasteiger partial charge on any atom is -0.287 e. The lowest BCUT2D eigenvalue weighted by Gasteiger charge is -2.11. The van der Waals surface area contributed by atoms with Crippen molar-refractivity contribution in [3.8, 4) is 17.3 Å². The highest BCUT2D eigenvalue weighted by Gasteiger charge is 2.18. The number of hydrogen-bond acceptors (Lipinski definition) is 4. The molecule has 7 heteroatoms. The van der Waals surface area contributed by atoms with Crippen molar-refractivity contribution in [1.82, 2.24) is 24.5 Å². The van der Waals surface area contributed by atoms with Gasteiger partial charge >= 0.3 is 0 Å². The fraction of sp³-hybridized carbons (Fsp3) is 0.0435. The molecule has 0 bridgehead atoms. The summed E-state index contributed by atoms with van der Waals surface area (Å²) in [5, 5.41) is 13.7. The molecule has 5 aromatic rings. The van der Waals surface area contributed by atoms with Gasteiger partial charge in [0.2, 0.25) is 0 Å². The van der Waals surface area contributed by atoms with Crippen molar-refractivity contribution in [2.45, 2.75) is 6.54 Å². The van der Waals surface area contributed by atoms with E-state index in [-0.39, 0.29) is 5.56 Å². The Morgan fingerprint density at radius 2 is 1.60 bits per heavy atom. The summed E-state index contributed by atoms with van der Waals surface area (Å²) in [6, 6.07) is 23.5. The number of halogens is 1. The van der Waals surface area contributed by atoms with Crippen LogP contribution >= 0.6 is 0 Å². The largest absolute Gasteiger partial charge is 0.287 e. The van der Waals surface area contributed by atoms with Crippen LogP contribution in [0.5, 0.6) is 0 Å². The first-order valence-corrected chi connectivity index (χ1v) is 9.41. The van der Waals surface area contributed by atoms with Gasteiger partial charge in [0.1, 0.15) is 5.82 Å². The molecule has 0 atom stereocenters. The first-order chi connectivity index (χ1) is 14.7. The predicted octanol–water partition coefficient (Wildman–Crippen LogP) is 3.83. The molecule has 0 unspecified atom stereocenters. The summed E-state index contributed by atoms with van der Waals surface area (Å²) in [4.78, 5) is 13.1. The molecule has 146 valence electrons. The van der Waals surface area contributed by atoms with Crippen LogP contribution in [0, 0.1) is 5.82 Å². The smallest absolute Gasteiger partial charge is 0.282 e. The molecule has 0 saturated carbocycles. The first-order valence-electron chi connectivity index (χ1n) is 9.41. The van der Waals surface area contributed by atoms with E-state index in [0.29, 0.717) is 29.1 Å². The van der Waals surface area contributed by atoms with Crippen LogP contribution in [-0.4, -0.2) is 24.5 Å². The molecule has 6 nitrogen and oxygen atoms in total. The number of hydrogen-bond donors (Lipinski definition) is 0. The van der Waals surface area contributed by atoms with E-state index in [1.54, 1.807) is 0 Å². The van der Waals surface area contributed by atoms with E-state index in [4.69, 9.17) is 0 Å². The van der Waals surface area contributed by atoms with E-state index < -0.39 is 5.82 Å². The van der Waals surface area contributed by atoms with Gasteiger partial charge < -0.3 is 0 Å². The first kappa shape index (κ1) is 17.9. The fourth-order valence-electron chi connectivity index (χ4n) is 3.43. The van der Waals surface area contributed by atoms with Crippen LogP contribution in [0.25, 0.3) is 28.1 Å². The zero-order valence-electron chi connectivity index (χ0n) is 15.8. The van der Waals surface area contributed by atoms with Gasteiger partial charge in [0.25, 0.3) is 11.5 Å². The Morgan fingerprint density at radius 3 is 2.37 bits per heavy atom. The van der Waals surface area contributed by atoms with Crippen molar-refractivity contribution in [3.05, 3.63) is 107 Å². The second kappa shape index (κ2) is 7.36. The monoisotopic (exact) mass is 397 g/mol. The SMILES string of the molecule is O=c1c2ccc(F)cc2cnn1-c1nnc(-c2ccccc2)n1Cc1ccccc1. The lowest BCUT2D eigenvalue weighted by Crippen LogP contribution is -2.24. The van der Waals surface area contributed by atoms with E-state index >= 15 is 0 Å². The van der Waals surface area contributed by atoms with E-state index in [9.17, 15) is 9.18 Å². The third kappa shape index (κ3) is 3.16. The normalized spacial score (nSPS) is 11.1. The second-order valence-electron chi connectivity index (χ2n) is 6.85. The van der Waals surface area contributed by atoms with Crippen LogP contribution in [0.4, 0.5) is 4.39 Å². The van der Waals surface area contributed by atoms with E-state index in [0.717, 1.165) is 11.1 Å². The Labute approximate surface area is 170 Å². The lowest BCUT2D eigenvalue weighted by molar-refractivity contribution is 0.629. The highest BCUT2D eigenvalue weighted by Crippen LogP contribution is 2.21. The van der Waals surface area contributed by atoms with Crippen LogP contribution in [0.15, 0.2) is 89.9 Å². The molecule has 2 aromatic heterocycles. The zero-order valence-corrected chi connectivity index (χ0v) is 15.8. The molecule has 0 saturated heterocycles.